The van der Waals surface area contributed by atoms with Crippen LogP contribution in [0.3, 0.4) is 0 Å². The van der Waals surface area contributed by atoms with Crippen LogP contribution in [0.2, 0.25) is 0 Å². The van der Waals surface area contributed by atoms with Crippen molar-refractivity contribution in [2.24, 2.45) is 11.7 Å². The Hall–Kier alpha value is -0.220. The molecule has 4 heteroatoms. The number of carbonyl (C=O) groups excluding carboxylic acids is 1. The smallest absolute Gasteiger partial charge is 0.237 e. The number of carbonyl (C=O) groups is 1. The third-order valence-corrected chi connectivity index (χ3v) is 4.28. The van der Waals surface area contributed by atoms with Crippen LogP contribution in [0.5, 0.6) is 0 Å². The van der Waals surface area contributed by atoms with Crippen molar-refractivity contribution in [1.82, 2.24) is 5.32 Å². The van der Waals surface area contributed by atoms with Crippen LogP contribution >= 0.6 is 11.8 Å². The summed E-state index contributed by atoms with van der Waals surface area (Å²) in [4.78, 5) is 11.8. The molecule has 3 atom stereocenters. The molecule has 1 aliphatic heterocycles. The first kappa shape index (κ1) is 12.8. The largest absolute Gasteiger partial charge is 0.351 e. The summed E-state index contributed by atoms with van der Waals surface area (Å²) < 4.78 is 0. The third-order valence-electron chi connectivity index (χ3n) is 3.07. The molecule has 0 spiro atoms. The van der Waals surface area contributed by atoms with Crippen molar-refractivity contribution < 1.29 is 4.79 Å². The molecule has 1 saturated heterocycles. The van der Waals surface area contributed by atoms with E-state index in [1.54, 1.807) is 0 Å². The Balaban J connectivity index is 2.33. The van der Waals surface area contributed by atoms with Gasteiger partial charge in [-0.1, -0.05) is 20.3 Å². The van der Waals surface area contributed by atoms with Gasteiger partial charge in [-0.2, -0.15) is 11.8 Å². The van der Waals surface area contributed by atoms with Gasteiger partial charge in [0.25, 0.3) is 0 Å². The van der Waals surface area contributed by atoms with Crippen LogP contribution in [0, 0.1) is 5.92 Å². The minimum atomic E-state index is -0.345. The lowest BCUT2D eigenvalue weighted by Crippen LogP contribution is -2.49. The maximum absolute atomic E-state index is 11.8. The van der Waals surface area contributed by atoms with E-state index in [4.69, 9.17) is 5.73 Å². The number of rotatable bonds is 4. The van der Waals surface area contributed by atoms with Crippen LogP contribution in [0.4, 0.5) is 0 Å². The van der Waals surface area contributed by atoms with Crippen molar-refractivity contribution in [2.45, 2.75) is 45.2 Å². The molecule has 3 unspecified atom stereocenters. The Morgan fingerprint density at radius 3 is 2.93 bits per heavy atom. The van der Waals surface area contributed by atoms with Gasteiger partial charge in [0.1, 0.15) is 0 Å². The molecule has 1 heterocycles. The van der Waals surface area contributed by atoms with E-state index in [9.17, 15) is 4.79 Å². The van der Waals surface area contributed by atoms with Gasteiger partial charge in [-0.3, -0.25) is 4.79 Å². The zero-order valence-corrected chi connectivity index (χ0v) is 10.5. The van der Waals surface area contributed by atoms with Crippen molar-refractivity contribution in [3.8, 4) is 0 Å². The maximum Gasteiger partial charge on any atom is 0.237 e. The minimum Gasteiger partial charge on any atom is -0.351 e. The Labute approximate surface area is 96.6 Å². The molecule has 3 nitrogen and oxygen atoms in total. The van der Waals surface area contributed by atoms with Crippen molar-refractivity contribution in [1.29, 1.82) is 0 Å². The van der Waals surface area contributed by atoms with Crippen molar-refractivity contribution >= 4 is 17.7 Å². The quantitative estimate of drug-likeness (QED) is 0.767. The predicted octanol–water partition coefficient (Wildman–Crippen LogP) is 1.37. The van der Waals surface area contributed by atoms with Crippen LogP contribution in [-0.4, -0.2) is 29.5 Å². The summed E-state index contributed by atoms with van der Waals surface area (Å²) in [6, 6.07) is -0.00622. The summed E-state index contributed by atoms with van der Waals surface area (Å²) in [7, 11) is 0. The zero-order valence-electron chi connectivity index (χ0n) is 9.66. The third kappa shape index (κ3) is 4.03. The molecule has 0 aromatic rings. The number of nitrogens with two attached hydrogens (primary N) is 1. The molecule has 0 aliphatic carbocycles. The van der Waals surface area contributed by atoms with Crippen molar-refractivity contribution in [2.75, 3.05) is 11.5 Å². The average molecular weight is 230 g/mol. The molecule has 15 heavy (non-hydrogen) atoms. The Kier molecular flexibility index (Phi) is 5.47. The maximum atomic E-state index is 11.8. The number of hydrogen-bond acceptors (Lipinski definition) is 3. The molecule has 3 N–H and O–H groups in total. The van der Waals surface area contributed by atoms with E-state index in [2.05, 4.69) is 12.2 Å². The second-order valence-electron chi connectivity index (χ2n) is 4.33. The molecule has 1 aliphatic rings. The Bertz CT molecular complexity index is 205. The first-order valence-corrected chi connectivity index (χ1v) is 6.94. The van der Waals surface area contributed by atoms with E-state index >= 15 is 0 Å². The second-order valence-corrected chi connectivity index (χ2v) is 5.48. The van der Waals surface area contributed by atoms with Crippen LogP contribution in [-0.2, 0) is 4.79 Å². The van der Waals surface area contributed by atoms with Gasteiger partial charge in [-0.25, -0.2) is 0 Å². The lowest BCUT2D eigenvalue weighted by atomic mass is 9.99. The molecule has 0 radical (unpaired) electrons. The SMILES string of the molecule is CCC(C)C(N)C(=O)NC1CCCSC1. The number of amides is 1. The molecule has 1 rings (SSSR count). The molecule has 1 amide bonds. The van der Waals surface area contributed by atoms with Gasteiger partial charge in [0.2, 0.25) is 5.91 Å². The Morgan fingerprint density at radius 2 is 2.40 bits per heavy atom. The summed E-state index contributed by atoms with van der Waals surface area (Å²) in [5.74, 6) is 2.56. The van der Waals surface area contributed by atoms with Gasteiger partial charge in [-0.05, 0) is 24.5 Å². The molecule has 0 aromatic carbocycles. The van der Waals surface area contributed by atoms with Gasteiger partial charge in [0, 0.05) is 11.8 Å². The predicted molar refractivity (Wildman–Crippen MR) is 65.9 cm³/mol. The summed E-state index contributed by atoms with van der Waals surface area (Å²) >= 11 is 1.92. The number of hydrogen-bond donors (Lipinski definition) is 2. The molecule has 0 bridgehead atoms. The fraction of sp³-hybridized carbons (Fsp3) is 0.909. The average Bonchev–Trinajstić information content (AvgIpc) is 2.28. The Morgan fingerprint density at radius 1 is 1.67 bits per heavy atom. The van der Waals surface area contributed by atoms with Crippen molar-refractivity contribution in [3.63, 3.8) is 0 Å². The highest BCUT2D eigenvalue weighted by Crippen LogP contribution is 2.17. The monoisotopic (exact) mass is 230 g/mol. The van der Waals surface area contributed by atoms with Crippen LogP contribution < -0.4 is 11.1 Å². The van der Waals surface area contributed by atoms with E-state index in [-0.39, 0.29) is 17.9 Å². The van der Waals surface area contributed by atoms with E-state index < -0.39 is 0 Å². The van der Waals surface area contributed by atoms with E-state index in [1.807, 2.05) is 18.7 Å². The molecule has 1 fully saturated rings. The van der Waals surface area contributed by atoms with Gasteiger partial charge in [0.15, 0.2) is 0 Å². The van der Waals surface area contributed by atoms with Gasteiger partial charge < -0.3 is 11.1 Å². The van der Waals surface area contributed by atoms with E-state index in [1.165, 1.54) is 12.2 Å². The van der Waals surface area contributed by atoms with Crippen LogP contribution in [0.25, 0.3) is 0 Å². The molecule has 0 aromatic heterocycles. The summed E-state index contributed by atoms with van der Waals surface area (Å²) in [5, 5.41) is 3.05. The second kappa shape index (κ2) is 6.38. The van der Waals surface area contributed by atoms with Gasteiger partial charge >= 0.3 is 0 Å². The lowest BCUT2D eigenvalue weighted by molar-refractivity contribution is -0.124. The first-order chi connectivity index (χ1) is 7.15. The van der Waals surface area contributed by atoms with Gasteiger partial charge in [-0.15, -0.1) is 0 Å². The summed E-state index contributed by atoms with van der Waals surface area (Å²) in [5.41, 5.74) is 5.87. The molecule has 88 valence electrons. The van der Waals surface area contributed by atoms with Crippen molar-refractivity contribution in [3.05, 3.63) is 0 Å². The summed E-state index contributed by atoms with van der Waals surface area (Å²) in [6.07, 6.45) is 3.26. The highest BCUT2D eigenvalue weighted by Gasteiger charge is 2.23. The highest BCUT2D eigenvalue weighted by atomic mass is 32.2. The summed E-state index contributed by atoms with van der Waals surface area (Å²) in [6.45, 7) is 4.09. The first-order valence-electron chi connectivity index (χ1n) is 5.78. The fourth-order valence-electron chi connectivity index (χ4n) is 1.66. The standard InChI is InChI=1S/C11H22N2OS/c1-3-8(2)10(12)11(14)13-9-5-4-6-15-7-9/h8-10H,3-7,12H2,1-2H3,(H,13,14). The van der Waals surface area contributed by atoms with Crippen LogP contribution in [0.15, 0.2) is 0 Å². The molecule has 0 saturated carbocycles. The van der Waals surface area contributed by atoms with E-state index in [0.717, 1.165) is 18.6 Å². The number of thioether (sulfide) groups is 1. The molecular formula is C11H22N2OS. The van der Waals surface area contributed by atoms with Crippen LogP contribution in [0.1, 0.15) is 33.1 Å². The topological polar surface area (TPSA) is 55.1 Å². The fourth-order valence-corrected chi connectivity index (χ4v) is 2.74. The molecular weight excluding hydrogens is 208 g/mol. The minimum absolute atomic E-state index is 0.0249. The lowest BCUT2D eigenvalue weighted by Gasteiger charge is -2.25. The highest BCUT2D eigenvalue weighted by molar-refractivity contribution is 7.99. The number of nitrogens with one attached hydrogen (secondary N) is 1. The zero-order chi connectivity index (χ0) is 11.3. The van der Waals surface area contributed by atoms with E-state index in [0.29, 0.717) is 6.04 Å². The van der Waals surface area contributed by atoms with Gasteiger partial charge in [0.05, 0.1) is 6.04 Å². The normalized spacial score (nSPS) is 25.7.